The van der Waals surface area contributed by atoms with Crippen LogP contribution < -0.4 is 15.1 Å². The molecule has 0 atom stereocenters. The van der Waals surface area contributed by atoms with Crippen molar-refractivity contribution in [3.63, 3.8) is 0 Å². The molecular formula is C22H23FN6O2. The topological polar surface area (TPSA) is 87.4 Å². The van der Waals surface area contributed by atoms with E-state index in [1.165, 1.54) is 18.5 Å². The molecule has 1 aliphatic heterocycles. The Hall–Kier alpha value is -3.75. The van der Waals surface area contributed by atoms with Crippen molar-refractivity contribution < 1.29 is 9.31 Å². The number of piperazine rings is 1. The summed E-state index contributed by atoms with van der Waals surface area (Å²) in [6.07, 6.45) is 1.35. The summed E-state index contributed by atoms with van der Waals surface area (Å²) >= 11 is 0. The molecule has 9 heteroatoms. The molecule has 8 nitrogen and oxygen atoms in total. The zero-order chi connectivity index (χ0) is 22.0. The summed E-state index contributed by atoms with van der Waals surface area (Å²) in [4.78, 5) is 23.9. The highest BCUT2D eigenvalue weighted by molar-refractivity contribution is 5.75. The van der Waals surface area contributed by atoms with E-state index < -0.39 is 4.92 Å². The largest absolute Gasteiger partial charge is 0.368 e. The molecule has 0 saturated carbocycles. The number of nitrogens with one attached hydrogen (secondary N) is 1. The molecule has 1 N–H and O–H groups in total. The molecule has 0 aliphatic carbocycles. The van der Waals surface area contributed by atoms with Crippen molar-refractivity contribution in [2.75, 3.05) is 41.3 Å². The second-order valence-corrected chi connectivity index (χ2v) is 7.55. The van der Waals surface area contributed by atoms with Gasteiger partial charge < -0.3 is 15.1 Å². The molecule has 0 radical (unpaired) electrons. The van der Waals surface area contributed by atoms with Crippen LogP contribution in [0, 0.1) is 29.8 Å². The number of anilines is 4. The lowest BCUT2D eigenvalue weighted by atomic mass is 10.1. The number of nitrogens with zero attached hydrogens (tertiary/aromatic N) is 5. The lowest BCUT2D eigenvalue weighted by Gasteiger charge is -2.36. The summed E-state index contributed by atoms with van der Waals surface area (Å²) < 4.78 is 13.2. The van der Waals surface area contributed by atoms with E-state index in [0.29, 0.717) is 32.0 Å². The number of aromatic nitrogens is 2. The molecule has 2 heterocycles. The Morgan fingerprint density at radius 3 is 2.32 bits per heavy atom. The molecule has 1 saturated heterocycles. The minimum absolute atomic E-state index is 0.141. The first-order chi connectivity index (χ1) is 14.9. The maximum atomic E-state index is 13.2. The van der Waals surface area contributed by atoms with Crippen molar-refractivity contribution in [2.24, 2.45) is 0 Å². The average Bonchev–Trinajstić information content (AvgIpc) is 2.76. The molecule has 160 valence electrons. The summed E-state index contributed by atoms with van der Waals surface area (Å²) in [7, 11) is 0. The second kappa shape index (κ2) is 8.55. The van der Waals surface area contributed by atoms with Crippen LogP contribution in [-0.4, -0.2) is 41.1 Å². The number of nitro groups is 1. The van der Waals surface area contributed by atoms with Gasteiger partial charge >= 0.3 is 5.69 Å². The van der Waals surface area contributed by atoms with Crippen molar-refractivity contribution in [1.29, 1.82) is 0 Å². The highest BCUT2D eigenvalue weighted by atomic mass is 19.1. The SMILES string of the molecule is Cc1ccc(Nc2ncnc(N3CCN(c4ccc(F)cc4)CC3)c2[N+](=O)[O-])c(C)c1. The molecule has 2 aromatic carbocycles. The minimum Gasteiger partial charge on any atom is -0.368 e. The normalized spacial score (nSPS) is 13.9. The van der Waals surface area contributed by atoms with Crippen LogP contribution in [0.1, 0.15) is 11.1 Å². The van der Waals surface area contributed by atoms with E-state index in [-0.39, 0.29) is 17.3 Å². The van der Waals surface area contributed by atoms with Crippen LogP contribution in [-0.2, 0) is 0 Å². The van der Waals surface area contributed by atoms with Gasteiger partial charge in [0, 0.05) is 37.6 Å². The van der Waals surface area contributed by atoms with Crippen LogP contribution >= 0.6 is 0 Å². The average molecular weight is 422 g/mol. The number of aryl methyl sites for hydroxylation is 2. The third kappa shape index (κ3) is 4.40. The Morgan fingerprint density at radius 1 is 1.00 bits per heavy atom. The molecule has 0 unspecified atom stereocenters. The van der Waals surface area contributed by atoms with Crippen molar-refractivity contribution in [3.8, 4) is 0 Å². The Bertz CT molecular complexity index is 1100. The maximum Gasteiger partial charge on any atom is 0.353 e. The van der Waals surface area contributed by atoms with E-state index >= 15 is 0 Å². The summed E-state index contributed by atoms with van der Waals surface area (Å²) in [5.41, 5.74) is 3.63. The molecule has 31 heavy (non-hydrogen) atoms. The van der Waals surface area contributed by atoms with Gasteiger partial charge in [-0.3, -0.25) is 10.1 Å². The molecule has 0 bridgehead atoms. The highest BCUT2D eigenvalue weighted by Gasteiger charge is 2.29. The minimum atomic E-state index is -0.437. The Labute approximate surface area is 179 Å². The smallest absolute Gasteiger partial charge is 0.353 e. The molecule has 0 spiro atoms. The van der Waals surface area contributed by atoms with E-state index in [4.69, 9.17) is 0 Å². The second-order valence-electron chi connectivity index (χ2n) is 7.55. The highest BCUT2D eigenvalue weighted by Crippen LogP contribution is 2.35. The maximum absolute atomic E-state index is 13.2. The summed E-state index contributed by atoms with van der Waals surface area (Å²) in [6.45, 7) is 6.33. The fraction of sp³-hybridized carbons (Fsp3) is 0.273. The number of hydrogen-bond donors (Lipinski definition) is 1. The zero-order valence-electron chi connectivity index (χ0n) is 17.4. The number of benzene rings is 2. The summed E-state index contributed by atoms with van der Waals surface area (Å²) in [5, 5.41) is 15.0. The predicted octanol–water partition coefficient (Wildman–Crippen LogP) is 4.21. The zero-order valence-corrected chi connectivity index (χ0v) is 17.4. The van der Waals surface area contributed by atoms with Crippen molar-refractivity contribution in [1.82, 2.24) is 9.97 Å². The molecule has 3 aromatic rings. The van der Waals surface area contributed by atoms with Gasteiger partial charge in [-0.1, -0.05) is 17.7 Å². The summed E-state index contributed by atoms with van der Waals surface area (Å²) in [5.74, 6) is 0.191. The van der Waals surface area contributed by atoms with Gasteiger partial charge in [-0.2, -0.15) is 0 Å². The molecule has 1 fully saturated rings. The van der Waals surface area contributed by atoms with Crippen molar-refractivity contribution >= 4 is 28.7 Å². The lowest BCUT2D eigenvalue weighted by molar-refractivity contribution is -0.383. The van der Waals surface area contributed by atoms with Gasteiger partial charge in [0.25, 0.3) is 0 Å². The monoisotopic (exact) mass is 422 g/mol. The predicted molar refractivity (Wildman–Crippen MR) is 119 cm³/mol. The molecular weight excluding hydrogens is 399 g/mol. The van der Waals surface area contributed by atoms with E-state index in [1.807, 2.05) is 36.9 Å². The van der Waals surface area contributed by atoms with Crippen molar-refractivity contribution in [2.45, 2.75) is 13.8 Å². The van der Waals surface area contributed by atoms with E-state index in [9.17, 15) is 14.5 Å². The fourth-order valence-corrected chi connectivity index (χ4v) is 3.77. The lowest BCUT2D eigenvalue weighted by Crippen LogP contribution is -2.47. The molecule has 1 aromatic heterocycles. The Kier molecular flexibility index (Phi) is 5.66. The van der Waals surface area contributed by atoms with Crippen molar-refractivity contribution in [3.05, 3.63) is 75.9 Å². The molecule has 0 amide bonds. The first-order valence-corrected chi connectivity index (χ1v) is 10.0. The number of rotatable bonds is 5. The van der Waals surface area contributed by atoms with Gasteiger partial charge in [0.05, 0.1) is 4.92 Å². The first-order valence-electron chi connectivity index (χ1n) is 10.0. The van der Waals surface area contributed by atoms with Gasteiger partial charge in [0.2, 0.25) is 11.6 Å². The van der Waals surface area contributed by atoms with Gasteiger partial charge in [-0.05, 0) is 49.7 Å². The standard InChI is InChI=1S/C22H23FN6O2/c1-15-3-8-19(16(2)13-15)26-21-20(29(30)31)22(25-14-24-21)28-11-9-27(10-12-28)18-6-4-17(23)5-7-18/h3-8,13-14H,9-12H2,1-2H3,(H,24,25,26). The van der Waals surface area contributed by atoms with E-state index in [0.717, 1.165) is 22.5 Å². The fourth-order valence-electron chi connectivity index (χ4n) is 3.77. The van der Waals surface area contributed by atoms with Crippen LogP contribution in [0.3, 0.4) is 0 Å². The van der Waals surface area contributed by atoms with E-state index in [2.05, 4.69) is 20.2 Å². The van der Waals surface area contributed by atoms with Gasteiger partial charge in [0.1, 0.15) is 12.1 Å². The number of hydrogen-bond acceptors (Lipinski definition) is 7. The van der Waals surface area contributed by atoms with Crippen LogP contribution in [0.15, 0.2) is 48.8 Å². The van der Waals surface area contributed by atoms with Gasteiger partial charge in [-0.25, -0.2) is 14.4 Å². The molecule has 4 rings (SSSR count). The third-order valence-electron chi connectivity index (χ3n) is 5.39. The van der Waals surface area contributed by atoms with Crippen LogP contribution in [0.25, 0.3) is 0 Å². The molecule has 1 aliphatic rings. The van der Waals surface area contributed by atoms with Crippen LogP contribution in [0.2, 0.25) is 0 Å². The first kappa shape index (κ1) is 20.5. The number of halogens is 1. The van der Waals surface area contributed by atoms with E-state index in [1.54, 1.807) is 12.1 Å². The van der Waals surface area contributed by atoms with Gasteiger partial charge in [0.15, 0.2) is 0 Å². The quantitative estimate of drug-likeness (QED) is 0.487. The summed E-state index contributed by atoms with van der Waals surface area (Å²) in [6, 6.07) is 12.2. The van der Waals surface area contributed by atoms with Crippen LogP contribution in [0.4, 0.5) is 33.1 Å². The van der Waals surface area contributed by atoms with Crippen LogP contribution in [0.5, 0.6) is 0 Å². The van der Waals surface area contributed by atoms with Gasteiger partial charge in [-0.15, -0.1) is 0 Å². The Balaban J connectivity index is 1.57. The Morgan fingerprint density at radius 2 is 1.68 bits per heavy atom. The third-order valence-corrected chi connectivity index (χ3v) is 5.39.